The Hall–Kier alpha value is -2.34. The Balaban J connectivity index is 1.69. The number of fused-ring (bicyclic) bond motifs is 1. The van der Waals surface area contributed by atoms with Crippen LogP contribution in [-0.2, 0) is 11.3 Å². The summed E-state index contributed by atoms with van der Waals surface area (Å²) in [5, 5.41) is 11.1. The summed E-state index contributed by atoms with van der Waals surface area (Å²) in [6.45, 7) is 5.54. The highest BCUT2D eigenvalue weighted by Crippen LogP contribution is 2.41. The van der Waals surface area contributed by atoms with Gasteiger partial charge in [-0.25, -0.2) is 0 Å². The molecule has 0 radical (unpaired) electrons. The lowest BCUT2D eigenvalue weighted by Crippen LogP contribution is -3.12. The zero-order valence-corrected chi connectivity index (χ0v) is 15.8. The van der Waals surface area contributed by atoms with Crippen LogP contribution in [0, 0.1) is 6.92 Å². The Labute approximate surface area is 162 Å². The van der Waals surface area contributed by atoms with Crippen molar-refractivity contribution < 1.29 is 24.3 Å². The molecule has 140 valence electrons. The normalized spacial score (nSPS) is 18.6. The highest BCUT2D eigenvalue weighted by Gasteiger charge is 2.34. The number of benzene rings is 2. The number of quaternary nitrogens is 1. The number of carbonyl (C=O) groups is 1. The van der Waals surface area contributed by atoms with Crippen molar-refractivity contribution in [3.8, 4) is 11.5 Å². The van der Waals surface area contributed by atoms with E-state index in [4.69, 9.17) is 21.1 Å². The highest BCUT2D eigenvalue weighted by molar-refractivity contribution is 6.30. The van der Waals surface area contributed by atoms with E-state index in [1.807, 2.05) is 19.1 Å². The fraction of sp³-hybridized carbons (Fsp3) is 0.286. The van der Waals surface area contributed by atoms with Gasteiger partial charge in [0, 0.05) is 5.02 Å². The van der Waals surface area contributed by atoms with E-state index in [9.17, 15) is 9.90 Å². The molecule has 27 heavy (non-hydrogen) atoms. The number of morpholine rings is 1. The van der Waals surface area contributed by atoms with Crippen LogP contribution >= 0.6 is 11.6 Å². The van der Waals surface area contributed by atoms with Crippen molar-refractivity contribution in [1.82, 2.24) is 0 Å². The molecule has 2 aliphatic rings. The van der Waals surface area contributed by atoms with Crippen molar-refractivity contribution in [1.29, 1.82) is 0 Å². The molecule has 0 unspecified atom stereocenters. The number of phenols is 1. The van der Waals surface area contributed by atoms with Crippen molar-refractivity contribution in [2.75, 3.05) is 26.3 Å². The molecular weight excluding hydrogens is 366 g/mol. The van der Waals surface area contributed by atoms with Crippen LogP contribution in [0.4, 0.5) is 0 Å². The number of hydrogen-bond acceptors (Lipinski definition) is 4. The lowest BCUT2D eigenvalue weighted by Gasteiger charge is -2.24. The third-order valence-corrected chi connectivity index (χ3v) is 5.27. The van der Waals surface area contributed by atoms with E-state index in [0.717, 1.165) is 18.7 Å². The smallest absolute Gasteiger partial charge is 0.232 e. The lowest BCUT2D eigenvalue weighted by molar-refractivity contribution is -0.921. The number of hydrogen-bond donors (Lipinski definition) is 2. The Bertz CT molecular complexity index is 915. The molecule has 1 saturated heterocycles. The maximum atomic E-state index is 12.9. The van der Waals surface area contributed by atoms with Crippen LogP contribution in [0.1, 0.15) is 27.0 Å². The summed E-state index contributed by atoms with van der Waals surface area (Å²) in [7, 11) is 0. The third-order valence-electron chi connectivity index (χ3n) is 5.02. The molecule has 0 saturated carbocycles. The molecule has 4 rings (SSSR count). The molecule has 0 atom stereocenters. The van der Waals surface area contributed by atoms with Crippen molar-refractivity contribution in [2.45, 2.75) is 13.5 Å². The second-order valence-corrected chi connectivity index (χ2v) is 7.36. The second-order valence-electron chi connectivity index (χ2n) is 6.93. The van der Waals surface area contributed by atoms with E-state index >= 15 is 0 Å². The summed E-state index contributed by atoms with van der Waals surface area (Å²) in [5.41, 5.74) is 2.77. The molecule has 2 aliphatic heterocycles. The van der Waals surface area contributed by atoms with Crippen molar-refractivity contribution in [2.24, 2.45) is 0 Å². The molecule has 1 fully saturated rings. The summed E-state index contributed by atoms with van der Waals surface area (Å²) in [5.74, 6) is 0.761. The van der Waals surface area contributed by atoms with Crippen molar-refractivity contribution >= 4 is 23.5 Å². The SMILES string of the molecule is Cc1cc(O)c(C[NH+]2CCOCC2)c2c1C(=O)/C(=C/c1ccc(Cl)cc1)O2. The van der Waals surface area contributed by atoms with Crippen LogP contribution in [0.3, 0.4) is 0 Å². The first kappa shape index (κ1) is 18.0. The van der Waals surface area contributed by atoms with Gasteiger partial charge in [-0.15, -0.1) is 0 Å². The number of ether oxygens (including phenoxy) is 2. The van der Waals surface area contributed by atoms with E-state index in [1.165, 1.54) is 4.90 Å². The van der Waals surface area contributed by atoms with Gasteiger partial charge in [0.15, 0.2) is 11.5 Å². The lowest BCUT2D eigenvalue weighted by atomic mass is 9.99. The van der Waals surface area contributed by atoms with E-state index in [2.05, 4.69) is 0 Å². The Morgan fingerprint density at radius 2 is 1.93 bits per heavy atom. The van der Waals surface area contributed by atoms with E-state index in [1.54, 1.807) is 24.3 Å². The van der Waals surface area contributed by atoms with Gasteiger partial charge in [-0.05, 0) is 42.3 Å². The summed E-state index contributed by atoms with van der Waals surface area (Å²) >= 11 is 5.92. The minimum atomic E-state index is -0.157. The van der Waals surface area contributed by atoms with E-state index < -0.39 is 0 Å². The van der Waals surface area contributed by atoms with Gasteiger partial charge in [0.1, 0.15) is 25.4 Å². The zero-order valence-electron chi connectivity index (χ0n) is 15.0. The average molecular weight is 387 g/mol. The van der Waals surface area contributed by atoms with Gasteiger partial charge in [-0.3, -0.25) is 4.79 Å². The summed E-state index contributed by atoms with van der Waals surface area (Å²) < 4.78 is 11.4. The maximum absolute atomic E-state index is 12.9. The quantitative estimate of drug-likeness (QED) is 0.795. The second kappa shape index (κ2) is 7.35. The number of rotatable bonds is 3. The number of Topliss-reactive ketones (excluding diaryl/α,β-unsaturated/α-hetero) is 1. The Kier molecular flexibility index (Phi) is 4.91. The summed E-state index contributed by atoms with van der Waals surface area (Å²) in [4.78, 5) is 14.2. The minimum Gasteiger partial charge on any atom is -0.507 e. The fourth-order valence-corrected chi connectivity index (χ4v) is 3.67. The minimum absolute atomic E-state index is 0.157. The van der Waals surface area contributed by atoms with Gasteiger partial charge < -0.3 is 19.5 Å². The van der Waals surface area contributed by atoms with Crippen LogP contribution in [0.2, 0.25) is 5.02 Å². The number of halogens is 1. The number of nitrogens with one attached hydrogen (secondary N) is 1. The number of aryl methyl sites for hydroxylation is 1. The third kappa shape index (κ3) is 3.58. The molecule has 5 nitrogen and oxygen atoms in total. The monoisotopic (exact) mass is 386 g/mol. The maximum Gasteiger partial charge on any atom is 0.232 e. The Morgan fingerprint density at radius 3 is 2.63 bits per heavy atom. The molecule has 2 aromatic carbocycles. The van der Waals surface area contributed by atoms with Crippen molar-refractivity contribution in [3.05, 3.63) is 63.4 Å². The van der Waals surface area contributed by atoms with Crippen molar-refractivity contribution in [3.63, 3.8) is 0 Å². The Morgan fingerprint density at radius 1 is 1.22 bits per heavy atom. The van der Waals surface area contributed by atoms with Crippen LogP contribution in [-0.4, -0.2) is 37.2 Å². The zero-order chi connectivity index (χ0) is 19.0. The number of phenolic OH excluding ortho intramolecular Hbond substituents is 1. The fourth-order valence-electron chi connectivity index (χ4n) is 3.55. The van der Waals surface area contributed by atoms with E-state index in [-0.39, 0.29) is 17.3 Å². The highest BCUT2D eigenvalue weighted by atomic mass is 35.5. The predicted octanol–water partition coefficient (Wildman–Crippen LogP) is 2.39. The molecule has 2 aromatic rings. The molecule has 6 heteroatoms. The molecule has 0 spiro atoms. The first-order valence-corrected chi connectivity index (χ1v) is 9.37. The van der Waals surface area contributed by atoms with Crippen LogP contribution in [0.25, 0.3) is 6.08 Å². The largest absolute Gasteiger partial charge is 0.507 e. The van der Waals surface area contributed by atoms with Gasteiger partial charge in [-0.1, -0.05) is 23.7 Å². The van der Waals surface area contributed by atoms with Gasteiger partial charge in [-0.2, -0.15) is 0 Å². The molecule has 0 amide bonds. The molecule has 0 aliphatic carbocycles. The standard InChI is InChI=1S/C21H20ClNO4/c1-13-10-17(24)16(12-23-6-8-26-9-7-23)21-19(13)20(25)18(27-21)11-14-2-4-15(22)5-3-14/h2-5,10-11,24H,6-9,12H2,1H3/p+1/b18-11-. The van der Waals surface area contributed by atoms with Crippen LogP contribution < -0.4 is 9.64 Å². The number of ketones is 1. The number of aromatic hydroxyl groups is 1. The topological polar surface area (TPSA) is 60.2 Å². The van der Waals surface area contributed by atoms with Crippen LogP contribution in [0.5, 0.6) is 11.5 Å². The molecular formula is C21H21ClNO4+. The van der Waals surface area contributed by atoms with Gasteiger partial charge >= 0.3 is 0 Å². The average Bonchev–Trinajstić information content (AvgIpc) is 2.98. The first-order valence-electron chi connectivity index (χ1n) is 8.99. The molecule has 2 N–H and O–H groups in total. The van der Waals surface area contributed by atoms with Gasteiger partial charge in [0.2, 0.25) is 5.78 Å². The van der Waals surface area contributed by atoms with Crippen LogP contribution in [0.15, 0.2) is 36.1 Å². The van der Waals surface area contributed by atoms with E-state index in [0.29, 0.717) is 47.2 Å². The number of carbonyl (C=O) groups excluding carboxylic acids is 1. The first-order chi connectivity index (χ1) is 13.0. The molecule has 0 aromatic heterocycles. The summed E-state index contributed by atoms with van der Waals surface area (Å²) in [6, 6.07) is 8.85. The number of allylic oxidation sites excluding steroid dienone is 1. The predicted molar refractivity (Wildman–Crippen MR) is 102 cm³/mol. The molecule has 2 heterocycles. The summed E-state index contributed by atoms with van der Waals surface area (Å²) in [6.07, 6.45) is 1.71. The van der Waals surface area contributed by atoms with Gasteiger partial charge in [0.25, 0.3) is 0 Å². The molecule has 0 bridgehead atoms. The van der Waals surface area contributed by atoms with Gasteiger partial charge in [0.05, 0.1) is 24.3 Å².